The van der Waals surface area contributed by atoms with Crippen LogP contribution in [0, 0.1) is 6.92 Å². The zero-order valence-electron chi connectivity index (χ0n) is 19.9. The summed E-state index contributed by atoms with van der Waals surface area (Å²) in [5.74, 6) is 1.27. The number of ether oxygens (including phenoxy) is 2. The van der Waals surface area contributed by atoms with Gasteiger partial charge in [0.25, 0.3) is 0 Å². The van der Waals surface area contributed by atoms with E-state index in [1.807, 2.05) is 43.9 Å². The first-order valence-corrected chi connectivity index (χ1v) is 11.7. The second-order valence-corrected chi connectivity index (χ2v) is 9.20. The number of rotatable bonds is 11. The molecule has 3 amide bonds. The van der Waals surface area contributed by atoms with Crippen LogP contribution in [0.2, 0.25) is 0 Å². The summed E-state index contributed by atoms with van der Waals surface area (Å²) >= 11 is 1.68. The fourth-order valence-electron chi connectivity index (χ4n) is 3.34. The van der Waals surface area contributed by atoms with Crippen molar-refractivity contribution in [3.63, 3.8) is 0 Å². The average molecular weight is 462 g/mol. The summed E-state index contributed by atoms with van der Waals surface area (Å²) in [6.45, 7) is 9.37. The van der Waals surface area contributed by atoms with Crippen molar-refractivity contribution in [2.45, 2.75) is 46.7 Å². The highest BCUT2D eigenvalue weighted by atomic mass is 32.1. The Hall–Kier alpha value is -2.74. The fraction of sp³-hybridized carbons (Fsp3) is 0.500. The van der Waals surface area contributed by atoms with Gasteiger partial charge in [0.2, 0.25) is 5.91 Å². The van der Waals surface area contributed by atoms with E-state index >= 15 is 0 Å². The first kappa shape index (κ1) is 25.5. The highest BCUT2D eigenvalue weighted by molar-refractivity contribution is 7.11. The van der Waals surface area contributed by atoms with E-state index in [1.165, 1.54) is 4.88 Å². The maximum Gasteiger partial charge on any atom is 0.318 e. The van der Waals surface area contributed by atoms with E-state index in [1.54, 1.807) is 30.5 Å². The Balaban J connectivity index is 2.18. The molecule has 0 bridgehead atoms. The van der Waals surface area contributed by atoms with Crippen LogP contribution in [0.1, 0.15) is 36.1 Å². The van der Waals surface area contributed by atoms with Crippen molar-refractivity contribution in [1.29, 1.82) is 0 Å². The van der Waals surface area contributed by atoms with Crippen molar-refractivity contribution >= 4 is 23.3 Å². The van der Waals surface area contributed by atoms with Crippen molar-refractivity contribution < 1.29 is 19.1 Å². The topological polar surface area (TPSA) is 71.1 Å². The molecule has 0 spiro atoms. The van der Waals surface area contributed by atoms with Gasteiger partial charge in [-0.3, -0.25) is 4.79 Å². The van der Waals surface area contributed by atoms with Gasteiger partial charge in [0.05, 0.1) is 20.8 Å². The number of urea groups is 1. The van der Waals surface area contributed by atoms with E-state index < -0.39 is 0 Å². The molecule has 1 heterocycles. The van der Waals surface area contributed by atoms with Crippen LogP contribution in [0.3, 0.4) is 0 Å². The Morgan fingerprint density at radius 2 is 1.81 bits per heavy atom. The number of benzene rings is 1. The largest absolute Gasteiger partial charge is 0.493 e. The molecule has 0 fully saturated rings. The van der Waals surface area contributed by atoms with E-state index in [2.05, 4.69) is 24.4 Å². The number of carbonyl (C=O) groups is 2. The maximum atomic E-state index is 13.3. The predicted molar refractivity (Wildman–Crippen MR) is 129 cm³/mol. The van der Waals surface area contributed by atoms with Gasteiger partial charge in [-0.05, 0) is 63.9 Å². The number of hydrogen-bond donors (Lipinski definition) is 1. The molecule has 0 aliphatic rings. The summed E-state index contributed by atoms with van der Waals surface area (Å²) in [5.41, 5.74) is 1.05. The molecule has 32 heavy (non-hydrogen) atoms. The summed E-state index contributed by atoms with van der Waals surface area (Å²) in [7, 11) is 3.22. The van der Waals surface area contributed by atoms with Crippen LogP contribution in [0.15, 0.2) is 30.3 Å². The summed E-state index contributed by atoms with van der Waals surface area (Å²) in [4.78, 5) is 31.5. The zero-order chi connectivity index (χ0) is 23.7. The lowest BCUT2D eigenvalue weighted by Crippen LogP contribution is -2.49. The van der Waals surface area contributed by atoms with Gasteiger partial charge in [0, 0.05) is 28.9 Å². The molecular formula is C24H35N3O4S. The highest BCUT2D eigenvalue weighted by Crippen LogP contribution is 2.28. The highest BCUT2D eigenvalue weighted by Gasteiger charge is 2.23. The quantitative estimate of drug-likeness (QED) is 0.547. The van der Waals surface area contributed by atoms with Crippen LogP contribution in [-0.2, 0) is 17.8 Å². The van der Waals surface area contributed by atoms with Gasteiger partial charge in [0.1, 0.15) is 6.54 Å². The number of hydrogen-bond acceptors (Lipinski definition) is 5. The average Bonchev–Trinajstić information content (AvgIpc) is 3.18. The van der Waals surface area contributed by atoms with Gasteiger partial charge in [-0.1, -0.05) is 6.07 Å². The molecule has 8 heteroatoms. The maximum absolute atomic E-state index is 13.3. The van der Waals surface area contributed by atoms with E-state index in [9.17, 15) is 9.59 Å². The third kappa shape index (κ3) is 7.15. The van der Waals surface area contributed by atoms with Crippen LogP contribution in [0.5, 0.6) is 11.5 Å². The molecule has 7 nitrogen and oxygen atoms in total. The minimum Gasteiger partial charge on any atom is -0.493 e. The zero-order valence-corrected chi connectivity index (χ0v) is 20.8. The molecule has 176 valence electrons. The Bertz CT molecular complexity index is 897. The third-order valence-electron chi connectivity index (χ3n) is 5.13. The van der Waals surface area contributed by atoms with E-state index in [0.29, 0.717) is 37.6 Å². The van der Waals surface area contributed by atoms with Crippen molar-refractivity contribution in [3.05, 3.63) is 45.6 Å². The van der Waals surface area contributed by atoms with Crippen molar-refractivity contribution in [2.24, 2.45) is 0 Å². The minimum absolute atomic E-state index is 0.0415. The van der Waals surface area contributed by atoms with E-state index in [4.69, 9.17) is 9.47 Å². The minimum atomic E-state index is -0.220. The molecule has 0 saturated carbocycles. The summed E-state index contributed by atoms with van der Waals surface area (Å²) in [6, 6.07) is 9.61. The Labute approximate surface area is 195 Å². The predicted octanol–water partition coefficient (Wildman–Crippen LogP) is 4.08. The molecule has 0 aliphatic heterocycles. The standard InChI is InChI=1S/C24H35N3O4S/c1-7-25-24(29)27(17(2)3)16-23(28)26(15-20-10-8-18(4)32-20)13-12-19-9-11-21(30-5)22(14-19)31-6/h8-11,14,17H,7,12-13,15-16H2,1-6H3,(H,25,29). The van der Waals surface area contributed by atoms with Crippen molar-refractivity contribution in [1.82, 2.24) is 15.1 Å². The summed E-state index contributed by atoms with van der Waals surface area (Å²) < 4.78 is 10.7. The number of aryl methyl sites for hydroxylation is 1. The van der Waals surface area contributed by atoms with Crippen LogP contribution in [0.25, 0.3) is 0 Å². The first-order chi connectivity index (χ1) is 15.3. The number of amides is 3. The molecule has 0 atom stereocenters. The second kappa shape index (κ2) is 12.3. The molecule has 0 saturated heterocycles. The molecule has 0 radical (unpaired) electrons. The van der Waals surface area contributed by atoms with E-state index in [-0.39, 0.29) is 24.5 Å². The monoisotopic (exact) mass is 461 g/mol. The SMILES string of the molecule is CCNC(=O)N(CC(=O)N(CCc1ccc(OC)c(OC)c1)Cc1ccc(C)s1)C(C)C. The molecule has 1 N–H and O–H groups in total. The molecule has 0 aliphatic carbocycles. The lowest BCUT2D eigenvalue weighted by molar-refractivity contribution is -0.132. The molecule has 1 aromatic carbocycles. The lowest BCUT2D eigenvalue weighted by atomic mass is 10.1. The Morgan fingerprint density at radius 1 is 1.09 bits per heavy atom. The molecule has 2 aromatic rings. The van der Waals surface area contributed by atoms with Crippen LogP contribution < -0.4 is 14.8 Å². The first-order valence-electron chi connectivity index (χ1n) is 10.9. The Kier molecular flexibility index (Phi) is 9.84. The van der Waals surface area contributed by atoms with Crippen LogP contribution in [0.4, 0.5) is 4.79 Å². The molecule has 0 unspecified atom stereocenters. The number of nitrogens with one attached hydrogen (secondary N) is 1. The van der Waals surface area contributed by atoms with Gasteiger partial charge >= 0.3 is 6.03 Å². The van der Waals surface area contributed by atoms with Crippen LogP contribution >= 0.6 is 11.3 Å². The van der Waals surface area contributed by atoms with Crippen molar-refractivity contribution in [2.75, 3.05) is 33.9 Å². The normalized spacial score (nSPS) is 10.7. The van der Waals surface area contributed by atoms with Gasteiger partial charge in [-0.25, -0.2) is 4.79 Å². The number of nitrogens with zero attached hydrogens (tertiary/aromatic N) is 2. The number of methoxy groups -OCH3 is 2. The molecular weight excluding hydrogens is 426 g/mol. The van der Waals surface area contributed by atoms with Gasteiger partial charge in [-0.15, -0.1) is 11.3 Å². The van der Waals surface area contributed by atoms with Crippen molar-refractivity contribution in [3.8, 4) is 11.5 Å². The lowest BCUT2D eigenvalue weighted by Gasteiger charge is -2.30. The molecule has 2 rings (SSSR count). The summed E-state index contributed by atoms with van der Waals surface area (Å²) in [6.07, 6.45) is 0.666. The Morgan fingerprint density at radius 3 is 2.38 bits per heavy atom. The number of carbonyl (C=O) groups excluding carboxylic acids is 2. The third-order valence-corrected chi connectivity index (χ3v) is 6.12. The molecule has 1 aromatic heterocycles. The van der Waals surface area contributed by atoms with Gasteiger partial charge in [0.15, 0.2) is 11.5 Å². The second-order valence-electron chi connectivity index (χ2n) is 7.82. The van der Waals surface area contributed by atoms with Gasteiger partial charge < -0.3 is 24.6 Å². The fourth-order valence-corrected chi connectivity index (χ4v) is 4.24. The van der Waals surface area contributed by atoms with E-state index in [0.717, 1.165) is 10.4 Å². The number of thiophene rings is 1. The van der Waals surface area contributed by atoms with Gasteiger partial charge in [-0.2, -0.15) is 0 Å². The van der Waals surface area contributed by atoms with Crippen LogP contribution in [-0.4, -0.2) is 61.6 Å². The summed E-state index contributed by atoms with van der Waals surface area (Å²) in [5, 5.41) is 2.80. The smallest absolute Gasteiger partial charge is 0.318 e.